The van der Waals surface area contributed by atoms with Crippen molar-refractivity contribution >= 4 is 11.9 Å². The molecule has 1 atom stereocenters. The standard InChI is InChI=1S/C19H29N5S/c1-3-11-24-19-7-6-16(12-17(19)18(23-24)14-22-25-2)21-10-8-15-5-4-9-20-13-15/h4-5,9,13,16,21-22H,3,6-8,10-12,14H2,1-2H3. The Balaban J connectivity index is 1.61. The second kappa shape index (κ2) is 9.36. The highest BCUT2D eigenvalue weighted by Gasteiger charge is 2.25. The van der Waals surface area contributed by atoms with Crippen molar-refractivity contribution in [2.24, 2.45) is 0 Å². The van der Waals surface area contributed by atoms with Crippen LogP contribution >= 0.6 is 11.9 Å². The summed E-state index contributed by atoms with van der Waals surface area (Å²) < 4.78 is 5.61. The van der Waals surface area contributed by atoms with Gasteiger partial charge in [-0.1, -0.05) is 24.9 Å². The molecule has 0 amide bonds. The maximum atomic E-state index is 4.89. The van der Waals surface area contributed by atoms with Gasteiger partial charge in [0.15, 0.2) is 0 Å². The Morgan fingerprint density at radius 1 is 1.40 bits per heavy atom. The summed E-state index contributed by atoms with van der Waals surface area (Å²) in [6, 6.07) is 4.71. The largest absolute Gasteiger partial charge is 0.313 e. The Morgan fingerprint density at radius 3 is 3.08 bits per heavy atom. The van der Waals surface area contributed by atoms with Gasteiger partial charge in [0.25, 0.3) is 0 Å². The van der Waals surface area contributed by atoms with Crippen LogP contribution in [0.4, 0.5) is 0 Å². The molecule has 0 fully saturated rings. The zero-order valence-electron chi connectivity index (χ0n) is 15.3. The molecule has 3 rings (SSSR count). The summed E-state index contributed by atoms with van der Waals surface area (Å²) in [6.45, 7) is 5.11. The van der Waals surface area contributed by atoms with Gasteiger partial charge in [-0.05, 0) is 62.1 Å². The summed E-state index contributed by atoms with van der Waals surface area (Å²) in [5.74, 6) is 0. The minimum atomic E-state index is 0.552. The smallest absolute Gasteiger partial charge is 0.0807 e. The van der Waals surface area contributed by atoms with Gasteiger partial charge in [-0.2, -0.15) is 5.10 Å². The molecular formula is C19H29N5S. The Kier molecular flexibility index (Phi) is 6.90. The van der Waals surface area contributed by atoms with Gasteiger partial charge in [0.2, 0.25) is 0 Å². The van der Waals surface area contributed by atoms with E-state index in [4.69, 9.17) is 5.10 Å². The first-order valence-corrected chi connectivity index (χ1v) is 10.5. The van der Waals surface area contributed by atoms with Crippen molar-refractivity contribution in [2.75, 3.05) is 12.8 Å². The molecule has 5 nitrogen and oxygen atoms in total. The third-order valence-corrected chi connectivity index (χ3v) is 5.25. The first kappa shape index (κ1) is 18.4. The Hall–Kier alpha value is -1.37. The maximum Gasteiger partial charge on any atom is 0.0807 e. The van der Waals surface area contributed by atoms with Gasteiger partial charge >= 0.3 is 0 Å². The van der Waals surface area contributed by atoms with Gasteiger partial charge in [-0.3, -0.25) is 14.4 Å². The van der Waals surface area contributed by atoms with Crippen molar-refractivity contribution in [1.82, 2.24) is 24.8 Å². The summed E-state index contributed by atoms with van der Waals surface area (Å²) in [6.07, 6.45) is 11.5. The van der Waals surface area contributed by atoms with E-state index in [2.05, 4.69) is 39.0 Å². The Bertz CT molecular complexity index is 655. The van der Waals surface area contributed by atoms with E-state index < -0.39 is 0 Å². The van der Waals surface area contributed by atoms with Crippen LogP contribution in [0.2, 0.25) is 0 Å². The SMILES string of the molecule is CCCn1nc(CNSC)c2c1CCC(NCCc1cccnc1)C2. The highest BCUT2D eigenvalue weighted by atomic mass is 32.2. The third-order valence-electron chi connectivity index (χ3n) is 4.82. The quantitative estimate of drug-likeness (QED) is 0.674. The fourth-order valence-electron chi connectivity index (χ4n) is 3.58. The summed E-state index contributed by atoms with van der Waals surface area (Å²) in [5, 5.41) is 8.63. The number of fused-ring (bicyclic) bond motifs is 1. The van der Waals surface area contributed by atoms with Gasteiger partial charge in [0.1, 0.15) is 0 Å². The number of rotatable bonds is 9. The lowest BCUT2D eigenvalue weighted by atomic mass is 9.91. The lowest BCUT2D eigenvalue weighted by Gasteiger charge is -2.25. The number of aromatic nitrogens is 3. The fourth-order valence-corrected chi connectivity index (χ4v) is 3.87. The molecule has 2 aromatic heterocycles. The molecule has 6 heteroatoms. The molecule has 0 aromatic carbocycles. The first-order valence-electron chi connectivity index (χ1n) is 9.27. The molecule has 0 bridgehead atoms. The number of hydrogen-bond acceptors (Lipinski definition) is 5. The fraction of sp³-hybridized carbons (Fsp3) is 0.579. The minimum Gasteiger partial charge on any atom is -0.313 e. The molecule has 2 aromatic rings. The second-order valence-electron chi connectivity index (χ2n) is 6.63. The molecule has 1 aliphatic rings. The van der Waals surface area contributed by atoms with Crippen molar-refractivity contribution in [3.05, 3.63) is 47.0 Å². The lowest BCUT2D eigenvalue weighted by molar-refractivity contribution is 0.446. The van der Waals surface area contributed by atoms with Crippen LogP contribution in [0.1, 0.15) is 42.3 Å². The average Bonchev–Trinajstić information content (AvgIpc) is 2.98. The van der Waals surface area contributed by atoms with E-state index in [0.717, 1.165) is 45.3 Å². The molecule has 25 heavy (non-hydrogen) atoms. The molecule has 0 saturated carbocycles. The van der Waals surface area contributed by atoms with Crippen molar-refractivity contribution in [2.45, 2.75) is 58.2 Å². The van der Waals surface area contributed by atoms with Crippen molar-refractivity contribution < 1.29 is 0 Å². The maximum absolute atomic E-state index is 4.89. The van der Waals surface area contributed by atoms with Crippen molar-refractivity contribution in [3.63, 3.8) is 0 Å². The second-order valence-corrected chi connectivity index (χ2v) is 7.32. The molecule has 1 aliphatic carbocycles. The van der Waals surface area contributed by atoms with Crippen LogP contribution < -0.4 is 10.0 Å². The molecule has 0 aliphatic heterocycles. The lowest BCUT2D eigenvalue weighted by Crippen LogP contribution is -2.36. The van der Waals surface area contributed by atoms with Crippen LogP contribution in [0.15, 0.2) is 24.5 Å². The first-order chi connectivity index (χ1) is 12.3. The van der Waals surface area contributed by atoms with E-state index in [1.54, 1.807) is 11.9 Å². The minimum absolute atomic E-state index is 0.552. The van der Waals surface area contributed by atoms with Crippen LogP contribution in [0.5, 0.6) is 0 Å². The van der Waals surface area contributed by atoms with Gasteiger partial charge in [0.05, 0.1) is 12.2 Å². The molecule has 136 valence electrons. The van der Waals surface area contributed by atoms with Gasteiger partial charge in [-0.25, -0.2) is 0 Å². The molecule has 1 unspecified atom stereocenters. The highest BCUT2D eigenvalue weighted by Crippen LogP contribution is 2.25. The van der Waals surface area contributed by atoms with Gasteiger partial charge in [-0.15, -0.1) is 0 Å². The number of pyridine rings is 1. The summed E-state index contributed by atoms with van der Waals surface area (Å²) in [4.78, 5) is 4.19. The summed E-state index contributed by atoms with van der Waals surface area (Å²) >= 11 is 1.66. The Labute approximate surface area is 155 Å². The number of hydrogen-bond donors (Lipinski definition) is 2. The number of nitrogens with zero attached hydrogens (tertiary/aromatic N) is 3. The van der Waals surface area contributed by atoms with Gasteiger partial charge in [0, 0.05) is 30.7 Å². The highest BCUT2D eigenvalue weighted by molar-refractivity contribution is 7.96. The Morgan fingerprint density at radius 2 is 2.32 bits per heavy atom. The van der Waals surface area contributed by atoms with Crippen molar-refractivity contribution in [1.29, 1.82) is 0 Å². The molecule has 2 N–H and O–H groups in total. The van der Waals surface area contributed by atoms with Crippen molar-refractivity contribution in [3.8, 4) is 0 Å². The predicted octanol–water partition coefficient (Wildman–Crippen LogP) is 2.75. The predicted molar refractivity (Wildman–Crippen MR) is 105 cm³/mol. The summed E-state index contributed by atoms with van der Waals surface area (Å²) in [5.41, 5.74) is 5.47. The molecular weight excluding hydrogens is 330 g/mol. The van der Waals surface area contributed by atoms with E-state index in [-0.39, 0.29) is 0 Å². The third kappa shape index (κ3) is 4.84. The molecule has 0 radical (unpaired) electrons. The van der Waals surface area contributed by atoms with Crippen LogP contribution in [0, 0.1) is 0 Å². The average molecular weight is 360 g/mol. The van der Waals surface area contributed by atoms with E-state index in [0.29, 0.717) is 6.04 Å². The number of aryl methyl sites for hydroxylation is 1. The molecule has 0 saturated heterocycles. The van der Waals surface area contributed by atoms with E-state index in [1.807, 2.05) is 18.5 Å². The summed E-state index contributed by atoms with van der Waals surface area (Å²) in [7, 11) is 0. The van der Waals surface area contributed by atoms with Crippen LogP contribution in [-0.2, 0) is 32.4 Å². The number of nitrogens with one attached hydrogen (secondary N) is 2. The topological polar surface area (TPSA) is 54.8 Å². The van der Waals surface area contributed by atoms with E-state index >= 15 is 0 Å². The monoisotopic (exact) mass is 359 g/mol. The van der Waals surface area contributed by atoms with Gasteiger partial charge < -0.3 is 5.32 Å². The van der Waals surface area contributed by atoms with Crippen LogP contribution in [-0.4, -0.2) is 33.6 Å². The zero-order chi connectivity index (χ0) is 17.5. The van der Waals surface area contributed by atoms with Crippen LogP contribution in [0.3, 0.4) is 0 Å². The zero-order valence-corrected chi connectivity index (χ0v) is 16.1. The normalized spacial score (nSPS) is 16.8. The molecule has 0 spiro atoms. The molecule has 2 heterocycles. The van der Waals surface area contributed by atoms with Crippen LogP contribution in [0.25, 0.3) is 0 Å². The van der Waals surface area contributed by atoms with E-state index in [1.165, 1.54) is 28.9 Å². The van der Waals surface area contributed by atoms with E-state index in [9.17, 15) is 0 Å².